The Morgan fingerprint density at radius 3 is 2.70 bits per heavy atom. The van der Waals surface area contributed by atoms with Gasteiger partial charge in [-0.1, -0.05) is 0 Å². The smallest absolute Gasteiger partial charge is 0.315 e. The molecule has 2 amide bonds. The van der Waals surface area contributed by atoms with Gasteiger partial charge in [0.15, 0.2) is 0 Å². The van der Waals surface area contributed by atoms with Gasteiger partial charge in [0.2, 0.25) is 0 Å². The van der Waals surface area contributed by atoms with Crippen molar-refractivity contribution < 1.29 is 9.90 Å². The number of aliphatic hydroxyl groups excluding tert-OH is 1. The highest BCUT2D eigenvalue weighted by molar-refractivity contribution is 5.74. The number of urea groups is 1. The van der Waals surface area contributed by atoms with Crippen molar-refractivity contribution >= 4 is 6.03 Å². The summed E-state index contributed by atoms with van der Waals surface area (Å²) in [4.78, 5) is 10.7. The first-order valence-corrected chi connectivity index (χ1v) is 3.36. The number of nitrogens with one attached hydrogen (secondary N) is 2. The van der Waals surface area contributed by atoms with Gasteiger partial charge in [-0.05, 0) is 13.8 Å². The first-order chi connectivity index (χ1) is 4.70. The highest BCUT2D eigenvalue weighted by Gasteiger charge is 2.02. The molecule has 0 bridgehead atoms. The monoisotopic (exact) mass is 146 g/mol. The lowest BCUT2D eigenvalue weighted by Crippen LogP contribution is -2.42. The van der Waals surface area contributed by atoms with Gasteiger partial charge >= 0.3 is 6.03 Å². The van der Waals surface area contributed by atoms with Gasteiger partial charge in [-0.15, -0.1) is 0 Å². The van der Waals surface area contributed by atoms with Gasteiger partial charge < -0.3 is 15.7 Å². The second kappa shape index (κ2) is 5.05. The third kappa shape index (κ3) is 4.14. The molecule has 0 heterocycles. The van der Waals surface area contributed by atoms with E-state index in [4.69, 9.17) is 5.11 Å². The first kappa shape index (κ1) is 9.23. The lowest BCUT2D eigenvalue weighted by Gasteiger charge is -2.10. The molecule has 4 nitrogen and oxygen atoms in total. The predicted octanol–water partition coefficient (Wildman–Crippen LogP) is -0.314. The summed E-state index contributed by atoms with van der Waals surface area (Å²) in [6.07, 6.45) is 0. The Balaban J connectivity index is 3.37. The van der Waals surface area contributed by atoms with E-state index in [1.54, 1.807) is 6.92 Å². The van der Waals surface area contributed by atoms with Gasteiger partial charge in [-0.25, -0.2) is 4.79 Å². The molecule has 0 aliphatic carbocycles. The van der Waals surface area contributed by atoms with Crippen molar-refractivity contribution in [2.24, 2.45) is 0 Å². The van der Waals surface area contributed by atoms with E-state index in [-0.39, 0.29) is 18.7 Å². The molecule has 0 aromatic carbocycles. The maximum atomic E-state index is 10.7. The molecule has 0 saturated heterocycles. The second-order valence-electron chi connectivity index (χ2n) is 2.09. The molecular formula is C6H14N2O2. The van der Waals surface area contributed by atoms with Gasteiger partial charge in [-0.2, -0.15) is 0 Å². The minimum Gasteiger partial charge on any atom is -0.394 e. The molecule has 0 rings (SSSR count). The van der Waals surface area contributed by atoms with E-state index in [0.29, 0.717) is 6.54 Å². The van der Waals surface area contributed by atoms with Crippen molar-refractivity contribution in [2.45, 2.75) is 19.9 Å². The summed E-state index contributed by atoms with van der Waals surface area (Å²) in [5.74, 6) is 0. The Hall–Kier alpha value is -0.770. The van der Waals surface area contributed by atoms with Crippen LogP contribution >= 0.6 is 0 Å². The molecule has 4 heteroatoms. The molecule has 0 fully saturated rings. The van der Waals surface area contributed by atoms with E-state index in [9.17, 15) is 4.79 Å². The van der Waals surface area contributed by atoms with Crippen molar-refractivity contribution in [3.05, 3.63) is 0 Å². The van der Waals surface area contributed by atoms with Crippen molar-refractivity contribution in [3.8, 4) is 0 Å². The number of amides is 2. The highest BCUT2D eigenvalue weighted by atomic mass is 16.3. The van der Waals surface area contributed by atoms with Crippen LogP contribution in [0.3, 0.4) is 0 Å². The lowest BCUT2D eigenvalue weighted by molar-refractivity contribution is 0.221. The summed E-state index contributed by atoms with van der Waals surface area (Å²) < 4.78 is 0. The van der Waals surface area contributed by atoms with E-state index >= 15 is 0 Å². The molecule has 0 aromatic heterocycles. The quantitative estimate of drug-likeness (QED) is 0.511. The zero-order chi connectivity index (χ0) is 7.98. The van der Waals surface area contributed by atoms with Crippen LogP contribution in [0.15, 0.2) is 0 Å². The van der Waals surface area contributed by atoms with E-state index in [1.807, 2.05) is 6.92 Å². The topological polar surface area (TPSA) is 61.4 Å². The summed E-state index contributed by atoms with van der Waals surface area (Å²) in [7, 11) is 0. The number of hydrogen-bond donors (Lipinski definition) is 3. The summed E-state index contributed by atoms with van der Waals surface area (Å²) >= 11 is 0. The molecule has 3 N–H and O–H groups in total. The lowest BCUT2D eigenvalue weighted by atomic mass is 10.4. The van der Waals surface area contributed by atoms with E-state index in [0.717, 1.165) is 0 Å². The van der Waals surface area contributed by atoms with Gasteiger partial charge in [0.25, 0.3) is 0 Å². The molecule has 0 unspecified atom stereocenters. The summed E-state index contributed by atoms with van der Waals surface area (Å²) in [6, 6.07) is -0.407. The first-order valence-electron chi connectivity index (χ1n) is 3.36. The maximum absolute atomic E-state index is 10.7. The van der Waals surface area contributed by atoms with Crippen LogP contribution in [-0.2, 0) is 0 Å². The van der Waals surface area contributed by atoms with Crippen molar-refractivity contribution in [1.82, 2.24) is 10.6 Å². The van der Waals surface area contributed by atoms with Gasteiger partial charge in [-0.3, -0.25) is 0 Å². The van der Waals surface area contributed by atoms with Gasteiger partial charge in [0, 0.05) is 6.54 Å². The van der Waals surface area contributed by atoms with Gasteiger partial charge in [0.1, 0.15) is 0 Å². The van der Waals surface area contributed by atoms with Crippen LogP contribution in [0.1, 0.15) is 13.8 Å². The SMILES string of the molecule is CCNC(=O)N[C@H](C)CO. The Bertz CT molecular complexity index is 106. The zero-order valence-electron chi connectivity index (χ0n) is 6.35. The third-order valence-corrected chi connectivity index (χ3v) is 0.989. The molecule has 60 valence electrons. The predicted molar refractivity (Wildman–Crippen MR) is 38.8 cm³/mol. The van der Waals surface area contributed by atoms with E-state index in [1.165, 1.54) is 0 Å². The van der Waals surface area contributed by atoms with Crippen LogP contribution in [0, 0.1) is 0 Å². The Kier molecular flexibility index (Phi) is 4.66. The number of aliphatic hydroxyl groups is 1. The molecule has 1 atom stereocenters. The van der Waals surface area contributed by atoms with E-state index < -0.39 is 0 Å². The molecule has 0 aromatic rings. The van der Waals surface area contributed by atoms with Crippen LogP contribution < -0.4 is 10.6 Å². The fourth-order valence-corrected chi connectivity index (χ4v) is 0.481. The summed E-state index contributed by atoms with van der Waals surface area (Å²) in [6.45, 7) is 4.14. The molecule has 0 aliphatic heterocycles. The Morgan fingerprint density at radius 2 is 2.30 bits per heavy atom. The molecule has 0 aliphatic rings. The summed E-state index contributed by atoms with van der Waals surface area (Å²) in [5.41, 5.74) is 0. The number of rotatable bonds is 3. The van der Waals surface area contributed by atoms with Crippen molar-refractivity contribution in [3.63, 3.8) is 0 Å². The van der Waals surface area contributed by atoms with Crippen LogP contribution in [0.2, 0.25) is 0 Å². The molecule has 10 heavy (non-hydrogen) atoms. The normalized spacial score (nSPS) is 12.3. The summed E-state index contributed by atoms with van der Waals surface area (Å²) in [5, 5.41) is 13.6. The van der Waals surface area contributed by atoms with Crippen LogP contribution in [0.4, 0.5) is 4.79 Å². The van der Waals surface area contributed by atoms with Crippen molar-refractivity contribution in [2.75, 3.05) is 13.2 Å². The third-order valence-electron chi connectivity index (χ3n) is 0.989. The average Bonchev–Trinajstić information content (AvgIpc) is 1.88. The van der Waals surface area contributed by atoms with Gasteiger partial charge in [0.05, 0.1) is 12.6 Å². The largest absolute Gasteiger partial charge is 0.394 e. The average molecular weight is 146 g/mol. The number of carbonyl (C=O) groups excluding carboxylic acids is 1. The standard InChI is InChI=1S/C6H14N2O2/c1-3-7-6(10)8-5(2)4-9/h5,9H,3-4H2,1-2H3,(H2,7,8,10)/t5-/m1/s1. The van der Waals surface area contributed by atoms with Crippen molar-refractivity contribution in [1.29, 1.82) is 0 Å². The number of hydrogen-bond acceptors (Lipinski definition) is 2. The van der Waals surface area contributed by atoms with Crippen LogP contribution in [0.25, 0.3) is 0 Å². The molecular weight excluding hydrogens is 132 g/mol. The maximum Gasteiger partial charge on any atom is 0.315 e. The Morgan fingerprint density at radius 1 is 1.70 bits per heavy atom. The minimum absolute atomic E-state index is 0.0306. The fourth-order valence-electron chi connectivity index (χ4n) is 0.481. The fraction of sp³-hybridized carbons (Fsp3) is 0.833. The molecule has 0 saturated carbocycles. The van der Waals surface area contributed by atoms with Crippen LogP contribution in [-0.4, -0.2) is 30.3 Å². The zero-order valence-corrected chi connectivity index (χ0v) is 6.35. The highest BCUT2D eigenvalue weighted by Crippen LogP contribution is 1.76. The number of carbonyl (C=O) groups is 1. The molecule has 0 radical (unpaired) electrons. The second-order valence-corrected chi connectivity index (χ2v) is 2.09. The molecule has 0 spiro atoms. The van der Waals surface area contributed by atoms with E-state index in [2.05, 4.69) is 10.6 Å². The Labute approximate surface area is 60.6 Å². The minimum atomic E-state index is -0.232. The van der Waals surface area contributed by atoms with Crippen LogP contribution in [0.5, 0.6) is 0 Å².